The number of rotatable bonds is 3. The van der Waals surface area contributed by atoms with Crippen LogP contribution in [0.3, 0.4) is 0 Å². The summed E-state index contributed by atoms with van der Waals surface area (Å²) in [7, 11) is 0. The minimum Gasteiger partial charge on any atom is -0.308 e. The SMILES string of the molecule is CCC(C)N1CC(C)(C2CC2)NCC1C. The Morgan fingerprint density at radius 2 is 2.13 bits per heavy atom. The molecule has 2 fully saturated rings. The number of piperazine rings is 1. The summed E-state index contributed by atoms with van der Waals surface area (Å²) in [6.45, 7) is 11.9. The first-order chi connectivity index (χ1) is 7.07. The van der Waals surface area contributed by atoms with Gasteiger partial charge in [0.1, 0.15) is 0 Å². The van der Waals surface area contributed by atoms with Crippen LogP contribution in [0, 0.1) is 5.92 Å². The van der Waals surface area contributed by atoms with Crippen molar-refractivity contribution >= 4 is 0 Å². The van der Waals surface area contributed by atoms with Crippen LogP contribution < -0.4 is 5.32 Å². The van der Waals surface area contributed by atoms with Gasteiger partial charge in [-0.25, -0.2) is 0 Å². The van der Waals surface area contributed by atoms with Crippen molar-refractivity contribution in [1.82, 2.24) is 10.2 Å². The van der Waals surface area contributed by atoms with Crippen molar-refractivity contribution in [3.8, 4) is 0 Å². The van der Waals surface area contributed by atoms with Gasteiger partial charge in [0.05, 0.1) is 0 Å². The molecule has 1 aliphatic carbocycles. The van der Waals surface area contributed by atoms with E-state index < -0.39 is 0 Å². The molecule has 2 rings (SSSR count). The predicted molar refractivity (Wildman–Crippen MR) is 65.1 cm³/mol. The van der Waals surface area contributed by atoms with E-state index in [9.17, 15) is 0 Å². The van der Waals surface area contributed by atoms with Crippen molar-refractivity contribution in [2.24, 2.45) is 5.92 Å². The van der Waals surface area contributed by atoms with E-state index >= 15 is 0 Å². The van der Waals surface area contributed by atoms with Crippen molar-refractivity contribution in [3.05, 3.63) is 0 Å². The van der Waals surface area contributed by atoms with Crippen molar-refractivity contribution in [2.45, 2.75) is 64.6 Å². The Hall–Kier alpha value is -0.0800. The molecule has 2 aliphatic rings. The van der Waals surface area contributed by atoms with Crippen LogP contribution in [-0.2, 0) is 0 Å². The van der Waals surface area contributed by atoms with Gasteiger partial charge in [0.25, 0.3) is 0 Å². The van der Waals surface area contributed by atoms with E-state index in [2.05, 4.69) is 37.9 Å². The van der Waals surface area contributed by atoms with Gasteiger partial charge in [-0.15, -0.1) is 0 Å². The van der Waals surface area contributed by atoms with Crippen LogP contribution in [0.4, 0.5) is 0 Å². The molecule has 3 atom stereocenters. The topological polar surface area (TPSA) is 15.3 Å². The van der Waals surface area contributed by atoms with E-state index in [4.69, 9.17) is 0 Å². The van der Waals surface area contributed by atoms with Crippen LogP contribution in [0.25, 0.3) is 0 Å². The van der Waals surface area contributed by atoms with E-state index in [1.807, 2.05) is 0 Å². The summed E-state index contributed by atoms with van der Waals surface area (Å²) in [5, 5.41) is 3.77. The van der Waals surface area contributed by atoms with Crippen LogP contribution in [0.15, 0.2) is 0 Å². The third-order valence-electron chi connectivity index (χ3n) is 4.51. The first-order valence-electron chi connectivity index (χ1n) is 6.57. The molecule has 0 aromatic heterocycles. The molecule has 88 valence electrons. The summed E-state index contributed by atoms with van der Waals surface area (Å²) < 4.78 is 0. The van der Waals surface area contributed by atoms with Gasteiger partial charge in [-0.2, -0.15) is 0 Å². The van der Waals surface area contributed by atoms with Gasteiger partial charge >= 0.3 is 0 Å². The third kappa shape index (κ3) is 2.21. The molecule has 0 spiro atoms. The molecule has 1 saturated carbocycles. The number of hydrogen-bond donors (Lipinski definition) is 1. The van der Waals surface area contributed by atoms with E-state index in [0.29, 0.717) is 11.6 Å². The second-order valence-corrected chi connectivity index (χ2v) is 5.85. The van der Waals surface area contributed by atoms with E-state index in [0.717, 1.165) is 18.5 Å². The first kappa shape index (κ1) is 11.4. The first-order valence-corrected chi connectivity index (χ1v) is 6.57. The highest BCUT2D eigenvalue weighted by Crippen LogP contribution is 2.41. The molecule has 1 heterocycles. The Labute approximate surface area is 94.4 Å². The lowest BCUT2D eigenvalue weighted by Gasteiger charge is -2.48. The van der Waals surface area contributed by atoms with Gasteiger partial charge in [0.2, 0.25) is 0 Å². The maximum absolute atomic E-state index is 3.77. The van der Waals surface area contributed by atoms with E-state index in [1.165, 1.54) is 25.8 Å². The Morgan fingerprint density at radius 3 is 2.67 bits per heavy atom. The summed E-state index contributed by atoms with van der Waals surface area (Å²) in [4.78, 5) is 2.70. The maximum Gasteiger partial charge on any atom is 0.0309 e. The summed E-state index contributed by atoms with van der Waals surface area (Å²) in [5.74, 6) is 0.941. The molecule has 3 unspecified atom stereocenters. The van der Waals surface area contributed by atoms with Crippen LogP contribution >= 0.6 is 0 Å². The van der Waals surface area contributed by atoms with Gasteiger partial charge in [-0.3, -0.25) is 4.90 Å². The fraction of sp³-hybridized carbons (Fsp3) is 1.00. The average Bonchev–Trinajstić information content (AvgIpc) is 3.04. The van der Waals surface area contributed by atoms with Crippen molar-refractivity contribution in [2.75, 3.05) is 13.1 Å². The molecule has 0 aromatic rings. The standard InChI is InChI=1S/C13H26N2/c1-5-10(2)15-9-13(4,12-6-7-12)14-8-11(15)3/h10-12,14H,5-9H2,1-4H3. The molecule has 0 amide bonds. The lowest BCUT2D eigenvalue weighted by Crippen LogP contribution is -2.64. The van der Waals surface area contributed by atoms with Crippen LogP contribution in [-0.4, -0.2) is 35.6 Å². The lowest BCUT2D eigenvalue weighted by molar-refractivity contribution is 0.0508. The second kappa shape index (κ2) is 4.06. The van der Waals surface area contributed by atoms with Gasteiger partial charge in [0.15, 0.2) is 0 Å². The third-order valence-corrected chi connectivity index (χ3v) is 4.51. The molecule has 0 bridgehead atoms. The summed E-state index contributed by atoms with van der Waals surface area (Å²) in [6, 6.07) is 1.44. The highest BCUT2D eigenvalue weighted by Gasteiger charge is 2.45. The molecule has 2 nitrogen and oxygen atoms in total. The number of nitrogens with zero attached hydrogens (tertiary/aromatic N) is 1. The fourth-order valence-corrected chi connectivity index (χ4v) is 2.91. The molecule has 15 heavy (non-hydrogen) atoms. The van der Waals surface area contributed by atoms with Gasteiger partial charge in [0, 0.05) is 30.7 Å². The normalized spacial score (nSPS) is 40.4. The van der Waals surface area contributed by atoms with Crippen molar-refractivity contribution in [3.63, 3.8) is 0 Å². The molecular formula is C13H26N2. The minimum absolute atomic E-state index is 0.399. The van der Waals surface area contributed by atoms with Crippen LogP contribution in [0.5, 0.6) is 0 Å². The number of hydrogen-bond acceptors (Lipinski definition) is 2. The lowest BCUT2D eigenvalue weighted by atomic mass is 9.90. The predicted octanol–water partition coefficient (Wildman–Crippen LogP) is 2.25. The highest BCUT2D eigenvalue weighted by atomic mass is 15.3. The Morgan fingerprint density at radius 1 is 1.47 bits per heavy atom. The Bertz CT molecular complexity index is 221. The second-order valence-electron chi connectivity index (χ2n) is 5.85. The summed E-state index contributed by atoms with van der Waals surface area (Å²) >= 11 is 0. The highest BCUT2D eigenvalue weighted by molar-refractivity contribution is 5.04. The van der Waals surface area contributed by atoms with E-state index in [-0.39, 0.29) is 0 Å². The zero-order valence-electron chi connectivity index (χ0n) is 10.7. The van der Waals surface area contributed by atoms with Gasteiger partial charge in [-0.1, -0.05) is 6.92 Å². The van der Waals surface area contributed by atoms with Gasteiger partial charge < -0.3 is 5.32 Å². The summed E-state index contributed by atoms with van der Waals surface area (Å²) in [6.07, 6.45) is 4.14. The molecule has 1 saturated heterocycles. The number of nitrogens with one attached hydrogen (secondary N) is 1. The smallest absolute Gasteiger partial charge is 0.0309 e. The maximum atomic E-state index is 3.77. The largest absolute Gasteiger partial charge is 0.308 e. The molecule has 1 aliphatic heterocycles. The average molecular weight is 210 g/mol. The Kier molecular flexibility index (Phi) is 3.09. The molecule has 1 N–H and O–H groups in total. The zero-order chi connectivity index (χ0) is 11.1. The quantitative estimate of drug-likeness (QED) is 0.768. The monoisotopic (exact) mass is 210 g/mol. The van der Waals surface area contributed by atoms with Crippen molar-refractivity contribution in [1.29, 1.82) is 0 Å². The van der Waals surface area contributed by atoms with Crippen LogP contribution in [0.1, 0.15) is 47.0 Å². The molecule has 0 aromatic carbocycles. The minimum atomic E-state index is 0.399. The Balaban J connectivity index is 2.03. The van der Waals surface area contributed by atoms with E-state index in [1.54, 1.807) is 0 Å². The van der Waals surface area contributed by atoms with Crippen molar-refractivity contribution < 1.29 is 0 Å². The zero-order valence-corrected chi connectivity index (χ0v) is 10.7. The molecule has 2 heteroatoms. The molecule has 0 radical (unpaired) electrons. The van der Waals surface area contributed by atoms with Gasteiger partial charge in [-0.05, 0) is 46.0 Å². The fourth-order valence-electron chi connectivity index (χ4n) is 2.91. The van der Waals surface area contributed by atoms with Crippen LogP contribution in [0.2, 0.25) is 0 Å². The molecular weight excluding hydrogens is 184 g/mol. The summed E-state index contributed by atoms with van der Waals surface area (Å²) in [5.41, 5.74) is 0.399.